The van der Waals surface area contributed by atoms with Crippen molar-refractivity contribution in [3.8, 4) is 11.3 Å². The van der Waals surface area contributed by atoms with Gasteiger partial charge in [-0.3, -0.25) is 24.3 Å². The third-order valence-electron chi connectivity index (χ3n) is 4.70. The molecule has 4 aromatic rings. The van der Waals surface area contributed by atoms with Gasteiger partial charge in [-0.1, -0.05) is 66.4 Å². The van der Waals surface area contributed by atoms with Crippen LogP contribution in [0.5, 0.6) is 0 Å². The minimum Gasteiger partial charge on any atom is -0.325 e. The number of nitrogens with one attached hydrogen (secondary N) is 1. The number of nitro benzene ring substituents is 1. The fourth-order valence-electron chi connectivity index (χ4n) is 3.18. The molecule has 1 heterocycles. The molecule has 8 nitrogen and oxygen atoms in total. The minimum absolute atomic E-state index is 0.0301. The van der Waals surface area contributed by atoms with E-state index in [4.69, 9.17) is 0 Å². The van der Waals surface area contributed by atoms with Crippen molar-refractivity contribution in [2.45, 2.75) is 5.16 Å². The highest BCUT2D eigenvalue weighted by molar-refractivity contribution is 7.99. The molecule has 0 aliphatic rings. The van der Waals surface area contributed by atoms with Crippen LogP contribution >= 0.6 is 11.8 Å². The zero-order valence-electron chi connectivity index (χ0n) is 17.3. The highest BCUT2D eigenvalue weighted by atomic mass is 32.2. The van der Waals surface area contributed by atoms with Gasteiger partial charge in [-0.15, -0.1) is 0 Å². The molecule has 9 heteroatoms. The third-order valence-corrected chi connectivity index (χ3v) is 5.65. The fourth-order valence-corrected chi connectivity index (χ4v) is 3.95. The van der Waals surface area contributed by atoms with Gasteiger partial charge in [0.15, 0.2) is 5.16 Å². The Morgan fingerprint density at radius 1 is 0.970 bits per heavy atom. The lowest BCUT2D eigenvalue weighted by Gasteiger charge is -2.11. The largest absolute Gasteiger partial charge is 0.325 e. The molecule has 0 bridgehead atoms. The first-order valence-electron chi connectivity index (χ1n) is 9.93. The number of nitrogens with zero attached hydrogens (tertiary/aromatic N) is 3. The van der Waals surface area contributed by atoms with Crippen LogP contribution in [0.1, 0.15) is 10.4 Å². The number of imidazole rings is 1. The number of aromatic nitrogens is 2. The van der Waals surface area contributed by atoms with Crippen molar-refractivity contribution in [3.63, 3.8) is 0 Å². The van der Waals surface area contributed by atoms with Gasteiger partial charge >= 0.3 is 0 Å². The number of anilines is 1. The zero-order chi connectivity index (χ0) is 23.2. The SMILES string of the molecule is O=C(CSc1ncc(-c2ccccc2)n1C(=O)c1cccc([N+](=O)[O-])c1)Nc1ccccc1. The van der Waals surface area contributed by atoms with E-state index in [0.717, 1.165) is 17.3 Å². The zero-order valence-corrected chi connectivity index (χ0v) is 18.1. The molecule has 33 heavy (non-hydrogen) atoms. The highest BCUT2D eigenvalue weighted by Gasteiger charge is 2.22. The Morgan fingerprint density at radius 3 is 2.36 bits per heavy atom. The van der Waals surface area contributed by atoms with Crippen LogP contribution in [-0.4, -0.2) is 32.0 Å². The predicted octanol–water partition coefficient (Wildman–Crippen LogP) is 4.88. The number of para-hydroxylation sites is 1. The van der Waals surface area contributed by atoms with Gasteiger partial charge in [0.2, 0.25) is 5.91 Å². The summed E-state index contributed by atoms with van der Waals surface area (Å²) >= 11 is 1.11. The molecule has 0 aliphatic heterocycles. The lowest BCUT2D eigenvalue weighted by molar-refractivity contribution is -0.384. The number of carbonyl (C=O) groups excluding carboxylic acids is 2. The number of thioether (sulfide) groups is 1. The first-order valence-corrected chi connectivity index (χ1v) is 10.9. The van der Waals surface area contributed by atoms with Gasteiger partial charge in [0.1, 0.15) is 0 Å². The normalized spacial score (nSPS) is 10.5. The molecule has 0 spiro atoms. The van der Waals surface area contributed by atoms with E-state index in [-0.39, 0.29) is 22.9 Å². The van der Waals surface area contributed by atoms with Crippen LogP contribution in [0.3, 0.4) is 0 Å². The Kier molecular flexibility index (Phi) is 6.61. The molecule has 0 unspecified atom stereocenters. The van der Waals surface area contributed by atoms with E-state index in [1.165, 1.54) is 28.8 Å². The fraction of sp³-hybridized carbons (Fsp3) is 0.0417. The first-order chi connectivity index (χ1) is 16.0. The number of rotatable bonds is 7. The van der Waals surface area contributed by atoms with Crippen molar-refractivity contribution in [2.75, 3.05) is 11.1 Å². The van der Waals surface area contributed by atoms with Gasteiger partial charge < -0.3 is 5.32 Å². The van der Waals surface area contributed by atoms with E-state index in [1.807, 2.05) is 48.5 Å². The van der Waals surface area contributed by atoms with Crippen LogP contribution in [0.15, 0.2) is 96.3 Å². The summed E-state index contributed by atoms with van der Waals surface area (Å²) in [4.78, 5) is 40.8. The lowest BCUT2D eigenvalue weighted by atomic mass is 10.1. The average Bonchev–Trinajstić information content (AvgIpc) is 3.27. The quantitative estimate of drug-likeness (QED) is 0.240. The molecule has 0 saturated heterocycles. The molecule has 1 N–H and O–H groups in total. The molecule has 164 valence electrons. The number of non-ortho nitro benzene ring substituents is 1. The number of benzene rings is 3. The van der Waals surface area contributed by atoms with Gasteiger partial charge in [-0.05, 0) is 18.2 Å². The number of nitro groups is 1. The first kappa shape index (κ1) is 22.0. The summed E-state index contributed by atoms with van der Waals surface area (Å²) in [6, 6.07) is 23.8. The van der Waals surface area contributed by atoms with Crippen molar-refractivity contribution >= 4 is 35.0 Å². The smallest absolute Gasteiger partial charge is 0.270 e. The monoisotopic (exact) mass is 458 g/mol. The summed E-state index contributed by atoms with van der Waals surface area (Å²) in [5, 5.41) is 14.3. The van der Waals surface area contributed by atoms with Crippen molar-refractivity contribution in [3.05, 3.63) is 107 Å². The van der Waals surface area contributed by atoms with Crippen LogP contribution in [0.2, 0.25) is 0 Å². The van der Waals surface area contributed by atoms with Crippen molar-refractivity contribution in [1.29, 1.82) is 0 Å². The Labute approximate surface area is 193 Å². The predicted molar refractivity (Wildman–Crippen MR) is 126 cm³/mol. The Balaban J connectivity index is 1.64. The summed E-state index contributed by atoms with van der Waals surface area (Å²) in [5.74, 6) is -0.687. The Morgan fingerprint density at radius 2 is 1.67 bits per heavy atom. The van der Waals surface area contributed by atoms with Crippen LogP contribution in [0.4, 0.5) is 11.4 Å². The molecule has 0 fully saturated rings. The lowest BCUT2D eigenvalue weighted by Crippen LogP contribution is -2.17. The van der Waals surface area contributed by atoms with E-state index in [0.29, 0.717) is 16.5 Å². The second-order valence-corrected chi connectivity index (χ2v) is 7.89. The maximum absolute atomic E-state index is 13.4. The van der Waals surface area contributed by atoms with Crippen molar-refractivity contribution in [1.82, 2.24) is 9.55 Å². The molecular weight excluding hydrogens is 440 g/mol. The highest BCUT2D eigenvalue weighted by Crippen LogP contribution is 2.28. The number of carbonyl (C=O) groups is 2. The standard InChI is InChI=1S/C24H18N4O4S/c29-22(26-19-11-5-2-6-12-19)16-33-24-25-15-21(17-8-3-1-4-9-17)27(24)23(30)18-10-7-13-20(14-18)28(31)32/h1-15H,16H2,(H,26,29). The van der Waals surface area contributed by atoms with Crippen LogP contribution in [0.25, 0.3) is 11.3 Å². The van der Waals surface area contributed by atoms with Crippen molar-refractivity contribution < 1.29 is 14.5 Å². The minimum atomic E-state index is -0.549. The van der Waals surface area contributed by atoms with Gasteiger partial charge in [0.05, 0.1) is 22.6 Å². The second-order valence-electron chi connectivity index (χ2n) is 6.94. The molecule has 0 aliphatic carbocycles. The maximum atomic E-state index is 13.4. The maximum Gasteiger partial charge on any atom is 0.270 e. The van der Waals surface area contributed by atoms with Crippen LogP contribution < -0.4 is 5.32 Å². The van der Waals surface area contributed by atoms with Crippen LogP contribution in [-0.2, 0) is 4.79 Å². The Bertz CT molecular complexity index is 1310. The molecule has 0 atom stereocenters. The van der Waals surface area contributed by atoms with E-state index in [9.17, 15) is 19.7 Å². The van der Waals surface area contributed by atoms with E-state index < -0.39 is 10.8 Å². The summed E-state index contributed by atoms with van der Waals surface area (Å²) in [7, 11) is 0. The molecule has 0 radical (unpaired) electrons. The van der Waals surface area contributed by atoms with Crippen LogP contribution in [0, 0.1) is 10.1 Å². The summed E-state index contributed by atoms with van der Waals surface area (Å²) in [6.07, 6.45) is 1.56. The molecule has 3 aromatic carbocycles. The van der Waals surface area contributed by atoms with Crippen molar-refractivity contribution in [2.24, 2.45) is 0 Å². The summed E-state index contributed by atoms with van der Waals surface area (Å²) < 4.78 is 1.38. The van der Waals surface area contributed by atoms with Gasteiger partial charge in [-0.2, -0.15) is 0 Å². The van der Waals surface area contributed by atoms with Gasteiger partial charge in [0, 0.05) is 28.9 Å². The second kappa shape index (κ2) is 9.92. The summed E-state index contributed by atoms with van der Waals surface area (Å²) in [6.45, 7) is 0. The topological polar surface area (TPSA) is 107 Å². The molecular formula is C24H18N4O4S. The Hall–Kier alpha value is -4.24. The van der Waals surface area contributed by atoms with Gasteiger partial charge in [0.25, 0.3) is 11.6 Å². The summed E-state index contributed by atoms with van der Waals surface area (Å²) in [5.41, 5.74) is 1.92. The molecule has 4 rings (SSSR count). The number of hydrogen-bond donors (Lipinski definition) is 1. The van der Waals surface area contributed by atoms with E-state index in [1.54, 1.807) is 18.3 Å². The van der Waals surface area contributed by atoms with E-state index in [2.05, 4.69) is 10.3 Å². The molecule has 0 saturated carbocycles. The number of amides is 1. The number of hydrogen-bond acceptors (Lipinski definition) is 6. The van der Waals surface area contributed by atoms with E-state index >= 15 is 0 Å². The third kappa shape index (κ3) is 5.16. The van der Waals surface area contributed by atoms with Gasteiger partial charge in [-0.25, -0.2) is 4.98 Å². The molecule has 1 aromatic heterocycles. The average molecular weight is 458 g/mol. The molecule has 1 amide bonds.